The molecule has 0 heterocycles. The van der Waals surface area contributed by atoms with Gasteiger partial charge in [-0.15, -0.1) is 0 Å². The van der Waals surface area contributed by atoms with E-state index in [1.807, 2.05) is 0 Å². The van der Waals surface area contributed by atoms with E-state index in [-0.39, 0.29) is 12.4 Å². The lowest BCUT2D eigenvalue weighted by Crippen LogP contribution is -2.14. The van der Waals surface area contributed by atoms with Crippen LogP contribution < -0.4 is 9.88 Å². The number of halogens is 2. The van der Waals surface area contributed by atoms with Gasteiger partial charge in [0.1, 0.15) is 23.1 Å². The molecule has 8 heteroatoms. The molecule has 120 valence electrons. The Kier molecular flexibility index (Phi) is 7.05. The van der Waals surface area contributed by atoms with E-state index in [0.29, 0.717) is 23.6 Å². The van der Waals surface area contributed by atoms with Gasteiger partial charge in [-0.3, -0.25) is 0 Å². The lowest BCUT2D eigenvalue weighted by Gasteiger charge is -2.11. The van der Waals surface area contributed by atoms with Crippen LogP contribution in [0.3, 0.4) is 0 Å². The van der Waals surface area contributed by atoms with Gasteiger partial charge >= 0.3 is 0 Å². The summed E-state index contributed by atoms with van der Waals surface area (Å²) >= 11 is 3.12. The van der Waals surface area contributed by atoms with Crippen LogP contribution in [-0.4, -0.2) is 28.2 Å². The van der Waals surface area contributed by atoms with E-state index in [9.17, 15) is 12.8 Å². The van der Waals surface area contributed by atoms with Crippen LogP contribution in [0.25, 0.3) is 0 Å². The molecule has 0 saturated carbocycles. The summed E-state index contributed by atoms with van der Waals surface area (Å²) in [4.78, 5) is -0.574. The fourth-order valence-corrected chi connectivity index (χ4v) is 2.69. The molecule has 2 N–H and O–H groups in total. The van der Waals surface area contributed by atoms with Crippen molar-refractivity contribution in [3.05, 3.63) is 22.4 Å². The van der Waals surface area contributed by atoms with Gasteiger partial charge in [-0.1, -0.05) is 13.8 Å². The van der Waals surface area contributed by atoms with Crippen molar-refractivity contribution in [1.82, 2.24) is 0 Å². The number of hydrogen-bond acceptors (Lipinski definition) is 4. The zero-order chi connectivity index (χ0) is 16.0. The Labute approximate surface area is 132 Å². The van der Waals surface area contributed by atoms with Crippen LogP contribution in [0.15, 0.2) is 21.5 Å². The first-order chi connectivity index (χ1) is 9.71. The van der Waals surface area contributed by atoms with Crippen LogP contribution in [-0.2, 0) is 14.8 Å². The molecule has 0 saturated heterocycles. The van der Waals surface area contributed by atoms with Crippen molar-refractivity contribution < 1.29 is 22.3 Å². The van der Waals surface area contributed by atoms with Crippen LogP contribution in [0.2, 0.25) is 0 Å². The third kappa shape index (κ3) is 6.29. The smallest absolute Gasteiger partial charge is 0.241 e. The van der Waals surface area contributed by atoms with Crippen LogP contribution in [0.1, 0.15) is 20.3 Å². The van der Waals surface area contributed by atoms with Crippen molar-refractivity contribution >= 4 is 26.0 Å². The zero-order valence-electron chi connectivity index (χ0n) is 11.9. The highest BCUT2D eigenvalue weighted by molar-refractivity contribution is 9.10. The minimum Gasteiger partial charge on any atom is -0.490 e. The van der Waals surface area contributed by atoms with Gasteiger partial charge in [0.15, 0.2) is 0 Å². The van der Waals surface area contributed by atoms with Gasteiger partial charge < -0.3 is 9.47 Å². The molecule has 0 atom stereocenters. The number of sulfonamides is 1. The summed E-state index contributed by atoms with van der Waals surface area (Å²) in [7, 11) is -4.10. The summed E-state index contributed by atoms with van der Waals surface area (Å²) in [5.41, 5.74) is 0. The van der Waals surface area contributed by atoms with Crippen molar-refractivity contribution in [3.8, 4) is 5.75 Å². The molecule has 0 unspecified atom stereocenters. The third-order valence-corrected chi connectivity index (χ3v) is 4.16. The van der Waals surface area contributed by atoms with Crippen molar-refractivity contribution in [2.45, 2.75) is 25.2 Å². The largest absolute Gasteiger partial charge is 0.490 e. The minimum atomic E-state index is -4.10. The Hall–Kier alpha value is -0.700. The quantitative estimate of drug-likeness (QED) is 0.699. The van der Waals surface area contributed by atoms with Crippen molar-refractivity contribution in [3.63, 3.8) is 0 Å². The number of nitrogens with two attached hydrogens (primary N) is 1. The van der Waals surface area contributed by atoms with Crippen LogP contribution in [0.4, 0.5) is 4.39 Å². The second-order valence-electron chi connectivity index (χ2n) is 4.90. The topological polar surface area (TPSA) is 78.6 Å². The lowest BCUT2D eigenvalue weighted by molar-refractivity contribution is 0.0922. The predicted molar refractivity (Wildman–Crippen MR) is 81.2 cm³/mol. The average molecular weight is 384 g/mol. The summed E-state index contributed by atoms with van der Waals surface area (Å²) < 4.78 is 47.0. The molecule has 0 aliphatic rings. The summed E-state index contributed by atoms with van der Waals surface area (Å²) in [6.45, 7) is 5.46. The predicted octanol–water partition coefficient (Wildman–Crippen LogP) is 2.68. The van der Waals surface area contributed by atoms with Crippen LogP contribution >= 0.6 is 15.9 Å². The van der Waals surface area contributed by atoms with Crippen molar-refractivity contribution in [2.24, 2.45) is 11.1 Å². The van der Waals surface area contributed by atoms with Gasteiger partial charge in [0.25, 0.3) is 0 Å². The molecule has 21 heavy (non-hydrogen) atoms. The standard InChI is InChI=1S/C13H19BrFNO4S/c1-9(2)3-4-19-5-6-20-12-8-11(15)13(7-10(12)14)21(16,17)18/h7-9H,3-6H2,1-2H3,(H2,16,17,18). The molecule has 5 nitrogen and oxygen atoms in total. The van der Waals surface area contributed by atoms with E-state index in [1.165, 1.54) is 0 Å². The molecule has 0 amide bonds. The molecule has 0 fully saturated rings. The Balaban J connectivity index is 2.56. The Morgan fingerprint density at radius 3 is 2.52 bits per heavy atom. The second kappa shape index (κ2) is 8.07. The normalized spacial score (nSPS) is 11.9. The molecule has 0 aliphatic heterocycles. The first kappa shape index (κ1) is 18.3. The molecule has 1 aromatic carbocycles. The first-order valence-corrected chi connectivity index (χ1v) is 8.78. The summed E-state index contributed by atoms with van der Waals surface area (Å²) in [5.74, 6) is -0.177. The number of hydrogen-bond donors (Lipinski definition) is 1. The van der Waals surface area contributed by atoms with E-state index in [0.717, 1.165) is 18.6 Å². The molecular weight excluding hydrogens is 365 g/mol. The van der Waals surface area contributed by atoms with E-state index < -0.39 is 20.7 Å². The Bertz CT molecular complexity index is 578. The van der Waals surface area contributed by atoms with Crippen LogP contribution in [0, 0.1) is 11.7 Å². The van der Waals surface area contributed by atoms with E-state index in [4.69, 9.17) is 14.6 Å². The SMILES string of the molecule is CC(C)CCOCCOc1cc(F)c(S(N)(=O)=O)cc1Br. The van der Waals surface area contributed by atoms with Gasteiger partial charge in [-0.25, -0.2) is 17.9 Å². The molecule has 0 spiro atoms. The van der Waals surface area contributed by atoms with Gasteiger partial charge in [0.05, 0.1) is 11.1 Å². The van der Waals surface area contributed by atoms with Crippen molar-refractivity contribution in [1.29, 1.82) is 0 Å². The maximum atomic E-state index is 13.7. The fraction of sp³-hybridized carbons (Fsp3) is 0.538. The van der Waals surface area contributed by atoms with E-state index >= 15 is 0 Å². The molecule has 0 bridgehead atoms. The first-order valence-electron chi connectivity index (χ1n) is 6.44. The highest BCUT2D eigenvalue weighted by Crippen LogP contribution is 2.29. The maximum absolute atomic E-state index is 13.7. The minimum absolute atomic E-state index is 0.201. The summed E-state index contributed by atoms with van der Waals surface area (Å²) in [6.07, 6.45) is 0.960. The lowest BCUT2D eigenvalue weighted by atomic mass is 10.1. The Morgan fingerprint density at radius 1 is 1.29 bits per heavy atom. The third-order valence-electron chi connectivity index (χ3n) is 2.62. The number of rotatable bonds is 8. The van der Waals surface area contributed by atoms with Gasteiger partial charge in [0, 0.05) is 12.7 Å². The second-order valence-corrected chi connectivity index (χ2v) is 7.29. The van der Waals surface area contributed by atoms with Gasteiger partial charge in [0.2, 0.25) is 10.0 Å². The highest BCUT2D eigenvalue weighted by atomic mass is 79.9. The summed E-state index contributed by atoms with van der Waals surface area (Å²) in [6, 6.07) is 2.07. The number of primary sulfonamides is 1. The molecule has 0 radical (unpaired) electrons. The molecule has 0 aromatic heterocycles. The van der Waals surface area contributed by atoms with E-state index in [2.05, 4.69) is 29.8 Å². The fourth-order valence-electron chi connectivity index (χ4n) is 1.47. The zero-order valence-corrected chi connectivity index (χ0v) is 14.3. The number of ether oxygens (including phenoxy) is 2. The number of benzene rings is 1. The monoisotopic (exact) mass is 383 g/mol. The summed E-state index contributed by atoms with van der Waals surface area (Å²) in [5, 5.41) is 4.91. The molecule has 1 rings (SSSR count). The van der Waals surface area contributed by atoms with Gasteiger partial charge in [-0.05, 0) is 34.3 Å². The van der Waals surface area contributed by atoms with E-state index in [1.54, 1.807) is 0 Å². The molecule has 0 aliphatic carbocycles. The molecule has 1 aromatic rings. The van der Waals surface area contributed by atoms with Crippen molar-refractivity contribution in [2.75, 3.05) is 19.8 Å². The van der Waals surface area contributed by atoms with Gasteiger partial charge in [-0.2, -0.15) is 0 Å². The molecular formula is C13H19BrFNO4S. The average Bonchev–Trinajstić information content (AvgIpc) is 2.35. The van der Waals surface area contributed by atoms with Crippen LogP contribution in [0.5, 0.6) is 5.75 Å². The Morgan fingerprint density at radius 2 is 1.95 bits per heavy atom. The highest BCUT2D eigenvalue weighted by Gasteiger charge is 2.17. The maximum Gasteiger partial charge on any atom is 0.241 e.